The number of carbonyl (C=O) groups excluding carboxylic acids is 3. The summed E-state index contributed by atoms with van der Waals surface area (Å²) in [4.78, 5) is 42.8. The fraction of sp³-hybridized carbons (Fsp3) is 0.545. The van der Waals surface area contributed by atoms with E-state index >= 15 is 0 Å². The van der Waals surface area contributed by atoms with E-state index in [9.17, 15) is 14.4 Å². The molecule has 0 radical (unpaired) electrons. The van der Waals surface area contributed by atoms with Crippen molar-refractivity contribution < 1.29 is 29.0 Å². The predicted molar refractivity (Wildman–Crippen MR) is 191 cm³/mol. The molecule has 2 atom stereocenters. The summed E-state index contributed by atoms with van der Waals surface area (Å²) in [6.07, 6.45) is 2.69. The largest absolute Gasteiger partial charge is 0.464 e. The number of aliphatic hydroxyl groups is 1. The van der Waals surface area contributed by atoms with E-state index in [1.54, 1.807) is 68.2 Å². The van der Waals surface area contributed by atoms with Gasteiger partial charge in [-0.15, -0.1) is 23.1 Å². The SMILES string of the molecule is C=C(NNC(=O)C(C)(CC)CC(C)(CC(C)(C)C(=O)Oc1ccc(SC)cc1)C(=O)OCCSCCSCCO)c1cccs1. The van der Waals surface area contributed by atoms with Gasteiger partial charge in [0.25, 0.3) is 0 Å². The molecule has 0 spiro atoms. The summed E-state index contributed by atoms with van der Waals surface area (Å²) < 4.78 is 11.5. The van der Waals surface area contributed by atoms with Crippen LogP contribution in [0.15, 0.2) is 53.3 Å². The van der Waals surface area contributed by atoms with Crippen molar-refractivity contribution in [1.29, 1.82) is 0 Å². The molecule has 0 fully saturated rings. The first-order valence-corrected chi connectivity index (χ1v) is 19.3. The number of nitrogens with one attached hydrogen (secondary N) is 2. The molecule has 1 amide bonds. The molecule has 2 unspecified atom stereocenters. The van der Waals surface area contributed by atoms with Crippen molar-refractivity contribution >= 4 is 70.2 Å². The van der Waals surface area contributed by atoms with Crippen LogP contribution < -0.4 is 15.6 Å². The van der Waals surface area contributed by atoms with Gasteiger partial charge in [-0.05, 0) is 82.0 Å². The summed E-state index contributed by atoms with van der Waals surface area (Å²) in [5.41, 5.74) is 3.05. The highest BCUT2D eigenvalue weighted by Crippen LogP contribution is 2.45. The number of amides is 1. The lowest BCUT2D eigenvalue weighted by molar-refractivity contribution is -0.162. The number of benzene rings is 1. The third kappa shape index (κ3) is 12.5. The average molecular weight is 697 g/mol. The van der Waals surface area contributed by atoms with E-state index in [-0.39, 0.29) is 32.0 Å². The van der Waals surface area contributed by atoms with Crippen molar-refractivity contribution in [3.63, 3.8) is 0 Å². The molecule has 2 aromatic rings. The van der Waals surface area contributed by atoms with E-state index < -0.39 is 28.2 Å². The molecule has 1 heterocycles. The Kier molecular flexibility index (Phi) is 16.4. The Bertz CT molecular complexity index is 1240. The Morgan fingerprint density at radius 3 is 2.16 bits per heavy atom. The quantitative estimate of drug-likeness (QED) is 0.0419. The molecule has 3 N–H and O–H groups in total. The number of rotatable bonds is 21. The molecule has 2 rings (SSSR count). The Morgan fingerprint density at radius 2 is 1.58 bits per heavy atom. The monoisotopic (exact) mass is 696 g/mol. The number of thiophene rings is 1. The van der Waals surface area contributed by atoms with Gasteiger partial charge < -0.3 is 14.6 Å². The van der Waals surface area contributed by atoms with Crippen molar-refractivity contribution in [3.8, 4) is 5.75 Å². The minimum Gasteiger partial charge on any atom is -0.464 e. The van der Waals surface area contributed by atoms with Crippen molar-refractivity contribution in [1.82, 2.24) is 10.9 Å². The summed E-state index contributed by atoms with van der Waals surface area (Å²) in [6.45, 7) is 13.4. The highest BCUT2D eigenvalue weighted by Gasteiger charge is 2.49. The van der Waals surface area contributed by atoms with Gasteiger partial charge in [-0.2, -0.15) is 23.5 Å². The fourth-order valence-electron chi connectivity index (χ4n) is 4.92. The lowest BCUT2D eigenvalue weighted by atomic mass is 9.65. The van der Waals surface area contributed by atoms with Gasteiger partial charge in [-0.1, -0.05) is 26.5 Å². The van der Waals surface area contributed by atoms with Crippen molar-refractivity contribution in [3.05, 3.63) is 53.2 Å². The molecule has 0 saturated heterocycles. The third-order valence-corrected chi connectivity index (χ3v) is 11.3. The summed E-state index contributed by atoms with van der Waals surface area (Å²) in [6, 6.07) is 11.1. The van der Waals surface area contributed by atoms with E-state index in [2.05, 4.69) is 17.4 Å². The van der Waals surface area contributed by atoms with E-state index in [1.165, 1.54) is 11.3 Å². The molecular weight excluding hydrogens is 649 g/mol. The first kappa shape index (κ1) is 39.1. The van der Waals surface area contributed by atoms with Gasteiger partial charge in [0.05, 0.1) is 28.0 Å². The molecule has 250 valence electrons. The maximum Gasteiger partial charge on any atom is 0.316 e. The van der Waals surface area contributed by atoms with Crippen molar-refractivity contribution in [2.24, 2.45) is 16.2 Å². The lowest BCUT2D eigenvalue weighted by Crippen LogP contribution is -2.49. The summed E-state index contributed by atoms with van der Waals surface area (Å²) in [7, 11) is 0. The van der Waals surface area contributed by atoms with E-state index in [0.717, 1.165) is 21.3 Å². The summed E-state index contributed by atoms with van der Waals surface area (Å²) in [5, 5.41) is 10.9. The number of esters is 2. The number of ether oxygens (including phenoxy) is 2. The van der Waals surface area contributed by atoms with E-state index in [4.69, 9.17) is 14.6 Å². The molecule has 1 aromatic heterocycles. The minimum absolute atomic E-state index is 0.115. The molecule has 0 saturated carbocycles. The standard InChI is InChI=1S/C33H48N2O6S4/c1-8-32(5,28(37)35-34-24(2)27-10-9-17-45-27)23-33(6,30(39)40-16-19-44-21-20-43-18-15-36)22-31(3,4)29(38)41-25-11-13-26(42-7)14-12-25/h9-14,17,34,36H,2,8,15-16,18-23H2,1,3-7H3,(H,35,37). The van der Waals surface area contributed by atoms with Crippen LogP contribution in [0.1, 0.15) is 58.8 Å². The smallest absolute Gasteiger partial charge is 0.316 e. The van der Waals surface area contributed by atoms with Gasteiger partial charge in [0, 0.05) is 33.3 Å². The van der Waals surface area contributed by atoms with Crippen LogP contribution >= 0.6 is 46.6 Å². The zero-order valence-corrected chi connectivity index (χ0v) is 30.5. The molecule has 1 aromatic carbocycles. The van der Waals surface area contributed by atoms with Crippen LogP contribution in [0, 0.1) is 16.2 Å². The molecule has 8 nitrogen and oxygen atoms in total. The summed E-state index contributed by atoms with van der Waals surface area (Å²) >= 11 is 6.45. The Hall–Kier alpha value is -2.12. The van der Waals surface area contributed by atoms with Gasteiger partial charge in [0.2, 0.25) is 5.91 Å². The Balaban J connectivity index is 2.20. The molecule has 0 aliphatic carbocycles. The Labute approximate surface area is 285 Å². The number of thioether (sulfide) groups is 3. The van der Waals surface area contributed by atoms with Crippen LogP contribution in [0.25, 0.3) is 5.70 Å². The highest BCUT2D eigenvalue weighted by molar-refractivity contribution is 8.02. The number of hydrogen-bond donors (Lipinski definition) is 3. The first-order valence-electron chi connectivity index (χ1n) is 14.9. The highest BCUT2D eigenvalue weighted by atomic mass is 32.2. The first-order chi connectivity index (χ1) is 21.3. The van der Waals surface area contributed by atoms with Gasteiger partial charge >= 0.3 is 11.9 Å². The van der Waals surface area contributed by atoms with Gasteiger partial charge in [-0.3, -0.25) is 25.2 Å². The van der Waals surface area contributed by atoms with Crippen LogP contribution in [0.3, 0.4) is 0 Å². The summed E-state index contributed by atoms with van der Waals surface area (Å²) in [5.74, 6) is 2.34. The molecule has 45 heavy (non-hydrogen) atoms. The fourth-order valence-corrected chi connectivity index (χ4v) is 7.66. The second-order valence-electron chi connectivity index (χ2n) is 11.9. The van der Waals surface area contributed by atoms with Crippen molar-refractivity contribution in [2.75, 3.05) is 42.5 Å². The second-order valence-corrected chi connectivity index (χ2v) is 16.2. The molecule has 12 heteroatoms. The van der Waals surface area contributed by atoms with Gasteiger partial charge in [-0.25, -0.2) is 0 Å². The zero-order chi connectivity index (χ0) is 33.5. The number of hydrogen-bond acceptors (Lipinski definition) is 11. The molecular formula is C33H48N2O6S4. The zero-order valence-electron chi connectivity index (χ0n) is 27.2. The maximum atomic E-state index is 13.8. The topological polar surface area (TPSA) is 114 Å². The van der Waals surface area contributed by atoms with Crippen LogP contribution in [-0.4, -0.2) is 65.4 Å². The number of carbonyl (C=O) groups is 3. The third-order valence-electron chi connectivity index (χ3n) is 7.47. The van der Waals surface area contributed by atoms with Crippen LogP contribution in [0.5, 0.6) is 5.75 Å². The van der Waals surface area contributed by atoms with Crippen LogP contribution in [-0.2, 0) is 19.1 Å². The number of hydrazine groups is 1. The van der Waals surface area contributed by atoms with Crippen LogP contribution in [0.2, 0.25) is 0 Å². The van der Waals surface area contributed by atoms with Gasteiger partial charge in [0.15, 0.2) is 0 Å². The molecule has 0 bridgehead atoms. The van der Waals surface area contributed by atoms with E-state index in [0.29, 0.717) is 29.4 Å². The minimum atomic E-state index is -1.18. The van der Waals surface area contributed by atoms with Crippen LogP contribution in [0.4, 0.5) is 0 Å². The average Bonchev–Trinajstić information content (AvgIpc) is 3.56. The second kappa shape index (κ2) is 18.9. The van der Waals surface area contributed by atoms with Gasteiger partial charge in [0.1, 0.15) is 12.4 Å². The van der Waals surface area contributed by atoms with E-state index in [1.807, 2.05) is 49.7 Å². The normalized spacial score (nSPS) is 14.1. The Morgan fingerprint density at radius 1 is 0.911 bits per heavy atom. The maximum absolute atomic E-state index is 13.8. The lowest BCUT2D eigenvalue weighted by Gasteiger charge is -2.40. The molecule has 0 aliphatic heterocycles. The number of aliphatic hydroxyl groups excluding tert-OH is 1. The molecule has 0 aliphatic rings. The van der Waals surface area contributed by atoms with Crippen molar-refractivity contribution in [2.45, 2.75) is 58.8 Å². The predicted octanol–water partition coefficient (Wildman–Crippen LogP) is 6.90.